The number of hydrogen-bond acceptors (Lipinski definition) is 7. The summed E-state index contributed by atoms with van der Waals surface area (Å²) in [6.45, 7) is 0.294. The molecule has 3 amide bonds. The molecule has 1 aromatic heterocycles. The second-order valence-electron chi connectivity index (χ2n) is 6.79. The molecule has 10 nitrogen and oxygen atoms in total. The van der Waals surface area contributed by atoms with Crippen LogP contribution in [0.15, 0.2) is 24.3 Å². The van der Waals surface area contributed by atoms with Gasteiger partial charge in [0, 0.05) is 25.7 Å². The third-order valence-electron chi connectivity index (χ3n) is 5.08. The van der Waals surface area contributed by atoms with Crippen LogP contribution in [0.5, 0.6) is 11.5 Å². The number of benzene rings is 1. The molecule has 2 aliphatic rings. The summed E-state index contributed by atoms with van der Waals surface area (Å²) >= 11 is 0. The number of imide groups is 1. The van der Waals surface area contributed by atoms with Crippen molar-refractivity contribution in [1.82, 2.24) is 19.6 Å². The standard InChI is InChI=1S/C19H20N4O6/c1-21-15(7-14(20-21)13-6-12(27-2)4-5-16(13)28-3)18(25)22-8-11(9-22)23-17(24)10-29-19(23)26/h4-7,11H,8-10H2,1-3H3. The summed E-state index contributed by atoms with van der Waals surface area (Å²) in [5.41, 5.74) is 1.66. The second kappa shape index (κ2) is 7.12. The third-order valence-corrected chi connectivity index (χ3v) is 5.08. The SMILES string of the molecule is COc1ccc(OC)c(-c2cc(C(=O)N3CC(N4C(=O)COC4=O)C3)n(C)n2)c1. The van der Waals surface area contributed by atoms with Crippen molar-refractivity contribution in [2.24, 2.45) is 7.05 Å². The molecule has 0 spiro atoms. The molecule has 0 atom stereocenters. The van der Waals surface area contributed by atoms with Crippen LogP contribution in [0.4, 0.5) is 4.79 Å². The number of nitrogens with zero attached hydrogens (tertiary/aromatic N) is 4. The Morgan fingerprint density at radius 3 is 2.55 bits per heavy atom. The molecule has 0 N–H and O–H groups in total. The van der Waals surface area contributed by atoms with Crippen LogP contribution in [0.25, 0.3) is 11.3 Å². The number of carbonyl (C=O) groups excluding carboxylic acids is 3. The highest BCUT2D eigenvalue weighted by Gasteiger charge is 2.44. The minimum absolute atomic E-state index is 0.232. The number of hydrogen-bond donors (Lipinski definition) is 0. The highest BCUT2D eigenvalue weighted by molar-refractivity contribution is 5.99. The molecule has 2 fully saturated rings. The fraction of sp³-hybridized carbons (Fsp3) is 0.368. The zero-order chi connectivity index (χ0) is 20.7. The number of amides is 3. The quantitative estimate of drug-likeness (QED) is 0.735. The van der Waals surface area contributed by atoms with Gasteiger partial charge in [-0.25, -0.2) is 9.69 Å². The molecule has 29 heavy (non-hydrogen) atoms. The van der Waals surface area contributed by atoms with E-state index in [-0.39, 0.29) is 37.6 Å². The maximum atomic E-state index is 12.9. The van der Waals surface area contributed by atoms with Crippen LogP contribution in [0.1, 0.15) is 10.5 Å². The molecule has 0 bridgehead atoms. The van der Waals surface area contributed by atoms with Crippen molar-refractivity contribution in [2.45, 2.75) is 6.04 Å². The van der Waals surface area contributed by atoms with Gasteiger partial charge in [-0.05, 0) is 24.3 Å². The highest BCUT2D eigenvalue weighted by atomic mass is 16.6. The van der Waals surface area contributed by atoms with Gasteiger partial charge in [0.15, 0.2) is 6.61 Å². The van der Waals surface area contributed by atoms with Crippen LogP contribution in [0.2, 0.25) is 0 Å². The Balaban J connectivity index is 1.53. The van der Waals surface area contributed by atoms with Crippen molar-refractivity contribution in [3.8, 4) is 22.8 Å². The first-order valence-electron chi connectivity index (χ1n) is 8.97. The number of cyclic esters (lactones) is 1. The number of methoxy groups -OCH3 is 2. The summed E-state index contributed by atoms with van der Waals surface area (Å²) in [6.07, 6.45) is -0.653. The normalized spacial score (nSPS) is 16.7. The van der Waals surface area contributed by atoms with E-state index in [9.17, 15) is 14.4 Å². The summed E-state index contributed by atoms with van der Waals surface area (Å²) in [5.74, 6) is 0.648. The summed E-state index contributed by atoms with van der Waals surface area (Å²) in [7, 11) is 4.81. The number of carbonyl (C=O) groups is 3. The first-order valence-corrected chi connectivity index (χ1v) is 8.97. The molecule has 0 aliphatic carbocycles. The Morgan fingerprint density at radius 2 is 1.93 bits per heavy atom. The number of aryl methyl sites for hydroxylation is 1. The molecule has 10 heteroatoms. The van der Waals surface area contributed by atoms with E-state index < -0.39 is 6.09 Å². The van der Waals surface area contributed by atoms with E-state index in [2.05, 4.69) is 5.10 Å². The van der Waals surface area contributed by atoms with Crippen molar-refractivity contribution in [1.29, 1.82) is 0 Å². The van der Waals surface area contributed by atoms with Gasteiger partial charge in [0.05, 0.1) is 26.0 Å². The maximum absolute atomic E-state index is 12.9. The Morgan fingerprint density at radius 1 is 1.17 bits per heavy atom. The monoisotopic (exact) mass is 400 g/mol. The van der Waals surface area contributed by atoms with Gasteiger partial charge in [0.2, 0.25) is 0 Å². The van der Waals surface area contributed by atoms with E-state index >= 15 is 0 Å². The van der Waals surface area contributed by atoms with Crippen LogP contribution < -0.4 is 9.47 Å². The molecule has 3 heterocycles. The lowest BCUT2D eigenvalue weighted by Gasteiger charge is -2.41. The van der Waals surface area contributed by atoms with E-state index in [4.69, 9.17) is 14.2 Å². The van der Waals surface area contributed by atoms with Gasteiger partial charge in [-0.15, -0.1) is 0 Å². The van der Waals surface area contributed by atoms with Gasteiger partial charge in [-0.3, -0.25) is 14.3 Å². The van der Waals surface area contributed by atoms with Gasteiger partial charge in [0.25, 0.3) is 11.8 Å². The maximum Gasteiger partial charge on any atom is 0.417 e. The number of ether oxygens (including phenoxy) is 3. The number of likely N-dealkylation sites (tertiary alicyclic amines) is 1. The highest BCUT2D eigenvalue weighted by Crippen LogP contribution is 2.33. The van der Waals surface area contributed by atoms with E-state index in [1.165, 1.54) is 4.68 Å². The Kier molecular flexibility index (Phi) is 4.61. The molecule has 0 radical (unpaired) electrons. The molecule has 2 aromatic rings. The van der Waals surface area contributed by atoms with Crippen molar-refractivity contribution in [3.63, 3.8) is 0 Å². The Bertz CT molecular complexity index is 979. The Labute approximate surface area is 166 Å². The molecule has 4 rings (SSSR count). The zero-order valence-electron chi connectivity index (χ0n) is 16.2. The van der Waals surface area contributed by atoms with Crippen LogP contribution in [-0.2, 0) is 16.6 Å². The zero-order valence-corrected chi connectivity index (χ0v) is 16.2. The predicted octanol–water partition coefficient (Wildman–Crippen LogP) is 0.907. The van der Waals surface area contributed by atoms with Crippen LogP contribution >= 0.6 is 0 Å². The Hall–Kier alpha value is -3.56. The van der Waals surface area contributed by atoms with Crippen molar-refractivity contribution >= 4 is 17.9 Å². The average molecular weight is 400 g/mol. The topological polar surface area (TPSA) is 103 Å². The molecule has 2 saturated heterocycles. The average Bonchev–Trinajstić information content (AvgIpc) is 3.23. The summed E-state index contributed by atoms with van der Waals surface area (Å²) in [6, 6.07) is 6.67. The fourth-order valence-electron chi connectivity index (χ4n) is 3.48. The van der Waals surface area contributed by atoms with E-state index in [1.54, 1.807) is 50.4 Å². The summed E-state index contributed by atoms with van der Waals surface area (Å²) < 4.78 is 16.9. The smallest absolute Gasteiger partial charge is 0.417 e. The first kappa shape index (κ1) is 18.8. The van der Waals surface area contributed by atoms with Crippen LogP contribution in [0, 0.1) is 0 Å². The van der Waals surface area contributed by atoms with Gasteiger partial charge < -0.3 is 19.1 Å². The minimum atomic E-state index is -0.653. The fourth-order valence-corrected chi connectivity index (χ4v) is 3.48. The molecular weight excluding hydrogens is 380 g/mol. The third kappa shape index (κ3) is 3.16. The van der Waals surface area contributed by atoms with Crippen molar-refractivity contribution in [2.75, 3.05) is 33.9 Å². The molecule has 1 aromatic carbocycles. The number of aromatic nitrogens is 2. The van der Waals surface area contributed by atoms with Gasteiger partial charge in [0.1, 0.15) is 17.2 Å². The molecule has 0 saturated carbocycles. The minimum Gasteiger partial charge on any atom is -0.497 e. The lowest BCUT2D eigenvalue weighted by atomic mass is 10.1. The van der Waals surface area contributed by atoms with Crippen LogP contribution in [-0.4, -0.2) is 77.4 Å². The van der Waals surface area contributed by atoms with E-state index in [0.717, 1.165) is 4.90 Å². The van der Waals surface area contributed by atoms with Crippen molar-refractivity contribution < 1.29 is 28.6 Å². The lowest BCUT2D eigenvalue weighted by Crippen LogP contribution is -2.62. The van der Waals surface area contributed by atoms with Gasteiger partial charge in [-0.1, -0.05) is 0 Å². The predicted molar refractivity (Wildman–Crippen MR) is 99.6 cm³/mol. The second-order valence-corrected chi connectivity index (χ2v) is 6.79. The lowest BCUT2D eigenvalue weighted by molar-refractivity contribution is -0.129. The summed E-state index contributed by atoms with van der Waals surface area (Å²) in [4.78, 5) is 38.9. The molecule has 2 aliphatic heterocycles. The summed E-state index contributed by atoms with van der Waals surface area (Å²) in [5, 5.41) is 4.44. The van der Waals surface area contributed by atoms with E-state index in [0.29, 0.717) is 28.5 Å². The first-order chi connectivity index (χ1) is 13.9. The van der Waals surface area contributed by atoms with Gasteiger partial charge >= 0.3 is 6.09 Å². The molecule has 152 valence electrons. The largest absolute Gasteiger partial charge is 0.497 e. The van der Waals surface area contributed by atoms with Crippen molar-refractivity contribution in [3.05, 3.63) is 30.0 Å². The number of rotatable bonds is 5. The molecular formula is C19H20N4O6. The van der Waals surface area contributed by atoms with Gasteiger partial charge in [-0.2, -0.15) is 5.10 Å². The van der Waals surface area contributed by atoms with Crippen LogP contribution in [0.3, 0.4) is 0 Å². The molecule has 0 unspecified atom stereocenters. The van der Waals surface area contributed by atoms with E-state index in [1.807, 2.05) is 0 Å².